The van der Waals surface area contributed by atoms with E-state index in [1.165, 1.54) is 4.57 Å². The van der Waals surface area contributed by atoms with Crippen LogP contribution in [0.3, 0.4) is 0 Å². The Morgan fingerprint density at radius 1 is 1.47 bits per heavy atom. The molecule has 17 heavy (non-hydrogen) atoms. The second-order valence-corrected chi connectivity index (χ2v) is 3.54. The smallest absolute Gasteiger partial charge is 0.330 e. The lowest BCUT2D eigenvalue weighted by molar-refractivity contribution is 0.710. The molecule has 88 valence electrons. The highest BCUT2D eigenvalue weighted by Gasteiger charge is 2.04. The molecule has 0 fully saturated rings. The molecular weight excluding hydrogens is 222 g/mol. The number of nitrogens with two attached hydrogens (primary N) is 1. The largest absolute Gasteiger partial charge is 0.385 e. The van der Waals surface area contributed by atoms with E-state index in [9.17, 15) is 9.59 Å². The van der Waals surface area contributed by atoms with Gasteiger partial charge in [-0.2, -0.15) is 0 Å². The first-order valence-corrected chi connectivity index (χ1v) is 4.94. The highest BCUT2D eigenvalue weighted by atomic mass is 16.2. The predicted octanol–water partition coefficient (Wildman–Crippen LogP) is -0.734. The zero-order valence-corrected chi connectivity index (χ0v) is 9.17. The molecule has 3 N–H and O–H groups in total. The number of hydrogen-bond donors (Lipinski definition) is 2. The molecule has 0 atom stereocenters. The van der Waals surface area contributed by atoms with Gasteiger partial charge in [-0.25, -0.2) is 14.8 Å². The number of hydrogen-bond acceptors (Lipinski definition) is 5. The molecule has 0 saturated heterocycles. The summed E-state index contributed by atoms with van der Waals surface area (Å²) >= 11 is 0. The fraction of sp³-hybridized carbons (Fsp3) is 0.200. The van der Waals surface area contributed by atoms with E-state index in [0.717, 1.165) is 6.07 Å². The van der Waals surface area contributed by atoms with Crippen molar-refractivity contribution in [2.75, 3.05) is 5.73 Å². The van der Waals surface area contributed by atoms with E-state index in [1.807, 2.05) is 0 Å². The number of aromatic amines is 1. The van der Waals surface area contributed by atoms with Crippen LogP contribution < -0.4 is 17.0 Å². The third kappa shape index (κ3) is 2.39. The molecule has 2 heterocycles. The topological polar surface area (TPSA) is 107 Å². The summed E-state index contributed by atoms with van der Waals surface area (Å²) in [4.78, 5) is 32.8. The first kappa shape index (κ1) is 11.1. The summed E-state index contributed by atoms with van der Waals surface area (Å²) < 4.78 is 1.24. The van der Waals surface area contributed by atoms with Crippen LogP contribution in [0, 0.1) is 6.92 Å². The van der Waals surface area contributed by atoms with Gasteiger partial charge in [0.2, 0.25) is 0 Å². The van der Waals surface area contributed by atoms with Crippen molar-refractivity contribution in [2.24, 2.45) is 0 Å². The Morgan fingerprint density at radius 2 is 2.24 bits per heavy atom. The van der Waals surface area contributed by atoms with Gasteiger partial charge in [-0.15, -0.1) is 0 Å². The molecule has 2 aromatic heterocycles. The van der Waals surface area contributed by atoms with Crippen molar-refractivity contribution in [3.63, 3.8) is 0 Å². The number of anilines is 1. The Labute approximate surface area is 96.0 Å². The molecule has 2 aromatic rings. The summed E-state index contributed by atoms with van der Waals surface area (Å²) in [5.74, 6) is 0.716. The molecule has 0 bridgehead atoms. The van der Waals surface area contributed by atoms with Gasteiger partial charge in [0.05, 0.1) is 12.2 Å². The van der Waals surface area contributed by atoms with Crippen LogP contribution in [0.4, 0.5) is 5.82 Å². The van der Waals surface area contributed by atoms with Crippen molar-refractivity contribution >= 4 is 5.82 Å². The molecule has 2 rings (SSSR count). The number of rotatable bonds is 2. The van der Waals surface area contributed by atoms with E-state index in [4.69, 9.17) is 5.73 Å². The number of nitrogens with one attached hydrogen (secondary N) is 1. The standard InChI is InChI=1S/C10H11N5O2/c1-6-12-3-2-7(13-6)5-15-8(11)4-9(16)14-10(15)17/h2-4H,5,11H2,1H3,(H,14,16,17). The summed E-state index contributed by atoms with van der Waals surface area (Å²) in [6.45, 7) is 1.95. The third-order valence-corrected chi connectivity index (χ3v) is 2.22. The van der Waals surface area contributed by atoms with Crippen LogP contribution in [0.2, 0.25) is 0 Å². The predicted molar refractivity (Wildman–Crippen MR) is 61.6 cm³/mol. The molecule has 0 unspecified atom stereocenters. The lowest BCUT2D eigenvalue weighted by Crippen LogP contribution is -2.31. The molecule has 7 heteroatoms. The fourth-order valence-electron chi connectivity index (χ4n) is 1.46. The van der Waals surface area contributed by atoms with Gasteiger partial charge in [-0.3, -0.25) is 14.3 Å². The van der Waals surface area contributed by atoms with Crippen LogP contribution in [-0.4, -0.2) is 19.5 Å². The lowest BCUT2D eigenvalue weighted by Gasteiger charge is -2.07. The minimum atomic E-state index is -0.550. The van der Waals surface area contributed by atoms with Crippen LogP contribution in [-0.2, 0) is 6.54 Å². The summed E-state index contributed by atoms with van der Waals surface area (Å²) in [5.41, 5.74) is 5.20. The van der Waals surface area contributed by atoms with Gasteiger partial charge in [0, 0.05) is 12.3 Å². The van der Waals surface area contributed by atoms with Gasteiger partial charge in [-0.1, -0.05) is 0 Å². The first-order valence-electron chi connectivity index (χ1n) is 4.94. The Hall–Kier alpha value is -2.44. The Balaban J connectivity index is 2.43. The number of nitrogens with zero attached hydrogens (tertiary/aromatic N) is 3. The maximum absolute atomic E-state index is 11.5. The van der Waals surface area contributed by atoms with Crippen molar-refractivity contribution < 1.29 is 0 Å². The van der Waals surface area contributed by atoms with Gasteiger partial charge in [-0.05, 0) is 13.0 Å². The molecule has 0 amide bonds. The molecule has 7 nitrogen and oxygen atoms in total. The Kier molecular flexibility index (Phi) is 2.73. The minimum absolute atomic E-state index is 0.106. The highest BCUT2D eigenvalue weighted by molar-refractivity contribution is 5.27. The van der Waals surface area contributed by atoms with Gasteiger partial charge < -0.3 is 5.73 Å². The zero-order chi connectivity index (χ0) is 12.4. The number of aromatic nitrogens is 4. The van der Waals surface area contributed by atoms with E-state index in [2.05, 4.69) is 15.0 Å². The van der Waals surface area contributed by atoms with Gasteiger partial charge >= 0.3 is 5.69 Å². The quantitative estimate of drug-likeness (QED) is 0.710. The summed E-state index contributed by atoms with van der Waals surface area (Å²) in [6, 6.07) is 2.85. The lowest BCUT2D eigenvalue weighted by atomic mass is 10.4. The van der Waals surface area contributed by atoms with Crippen LogP contribution in [0.15, 0.2) is 27.9 Å². The number of H-pyrrole nitrogens is 1. The Morgan fingerprint density at radius 3 is 2.88 bits per heavy atom. The molecule has 0 spiro atoms. The molecule has 0 aliphatic rings. The number of nitrogen functional groups attached to an aromatic ring is 1. The Bertz CT molecular complexity index is 658. The second-order valence-electron chi connectivity index (χ2n) is 3.54. The number of aryl methyl sites for hydroxylation is 1. The summed E-state index contributed by atoms with van der Waals surface area (Å²) in [6.07, 6.45) is 1.60. The molecular formula is C10H11N5O2. The SMILES string of the molecule is Cc1nccc(Cn2c(N)cc(=O)[nH]c2=O)n1. The third-order valence-electron chi connectivity index (χ3n) is 2.22. The molecule has 0 aliphatic carbocycles. The highest BCUT2D eigenvalue weighted by Crippen LogP contribution is 2.00. The minimum Gasteiger partial charge on any atom is -0.385 e. The normalized spacial score (nSPS) is 10.4. The maximum atomic E-state index is 11.5. The summed E-state index contributed by atoms with van der Waals surface area (Å²) in [5, 5.41) is 0. The van der Waals surface area contributed by atoms with Gasteiger partial charge in [0.15, 0.2) is 0 Å². The van der Waals surface area contributed by atoms with E-state index in [1.54, 1.807) is 19.2 Å². The van der Waals surface area contributed by atoms with Crippen LogP contribution in [0.25, 0.3) is 0 Å². The van der Waals surface area contributed by atoms with Crippen LogP contribution in [0.1, 0.15) is 11.5 Å². The van der Waals surface area contributed by atoms with Crippen LogP contribution in [0.5, 0.6) is 0 Å². The molecule has 0 radical (unpaired) electrons. The van der Waals surface area contributed by atoms with Crippen molar-refractivity contribution in [3.05, 3.63) is 50.7 Å². The van der Waals surface area contributed by atoms with Gasteiger partial charge in [0.25, 0.3) is 5.56 Å². The van der Waals surface area contributed by atoms with Gasteiger partial charge in [0.1, 0.15) is 11.6 Å². The zero-order valence-electron chi connectivity index (χ0n) is 9.17. The molecule has 0 aromatic carbocycles. The molecule has 0 saturated carbocycles. The first-order chi connectivity index (χ1) is 8.06. The van der Waals surface area contributed by atoms with Crippen molar-refractivity contribution in [1.82, 2.24) is 19.5 Å². The molecule has 0 aliphatic heterocycles. The average molecular weight is 233 g/mol. The van der Waals surface area contributed by atoms with Crippen molar-refractivity contribution in [2.45, 2.75) is 13.5 Å². The van der Waals surface area contributed by atoms with Crippen molar-refractivity contribution in [3.8, 4) is 0 Å². The maximum Gasteiger partial charge on any atom is 0.330 e. The fourth-order valence-corrected chi connectivity index (χ4v) is 1.46. The van der Waals surface area contributed by atoms with E-state index < -0.39 is 11.2 Å². The van der Waals surface area contributed by atoms with Crippen LogP contribution >= 0.6 is 0 Å². The monoisotopic (exact) mass is 233 g/mol. The van der Waals surface area contributed by atoms with E-state index in [0.29, 0.717) is 11.5 Å². The second kappa shape index (κ2) is 4.20. The van der Waals surface area contributed by atoms with E-state index in [-0.39, 0.29) is 12.4 Å². The van der Waals surface area contributed by atoms with Crippen molar-refractivity contribution in [1.29, 1.82) is 0 Å². The van der Waals surface area contributed by atoms with E-state index >= 15 is 0 Å². The summed E-state index contributed by atoms with van der Waals surface area (Å²) in [7, 11) is 0. The average Bonchev–Trinajstić information content (AvgIpc) is 2.23.